The van der Waals surface area contributed by atoms with E-state index in [-0.39, 0.29) is 10.5 Å². The van der Waals surface area contributed by atoms with Crippen molar-refractivity contribution in [3.63, 3.8) is 0 Å². The molecule has 2 aromatic carbocycles. The number of sulfonamides is 1. The van der Waals surface area contributed by atoms with Crippen LogP contribution in [0.4, 0.5) is 0 Å². The fourth-order valence-corrected chi connectivity index (χ4v) is 5.08. The molecule has 9 heteroatoms. The summed E-state index contributed by atoms with van der Waals surface area (Å²) >= 11 is 0. The van der Waals surface area contributed by atoms with Crippen LogP contribution in [0, 0.1) is 13.8 Å². The van der Waals surface area contributed by atoms with Gasteiger partial charge in [0.05, 0.1) is 4.90 Å². The normalized spacial score (nSPS) is 12.7. The summed E-state index contributed by atoms with van der Waals surface area (Å²) in [6.45, 7) is 7.79. The molecule has 31 heavy (non-hydrogen) atoms. The average Bonchev–Trinajstić information content (AvgIpc) is 3.19. The number of aromatic amines is 1. The quantitative estimate of drug-likeness (QED) is 0.559. The van der Waals surface area contributed by atoms with Crippen LogP contribution in [0.5, 0.6) is 0 Å². The summed E-state index contributed by atoms with van der Waals surface area (Å²) in [6, 6.07) is 13.5. The lowest BCUT2D eigenvalue weighted by Crippen LogP contribution is -2.32. The van der Waals surface area contributed by atoms with Gasteiger partial charge in [0.1, 0.15) is 11.9 Å². The predicted molar refractivity (Wildman–Crippen MR) is 118 cm³/mol. The molecule has 0 saturated heterocycles. The smallest absolute Gasteiger partial charge is 0.252 e. The maximum atomic E-state index is 13.1. The average molecular weight is 442 g/mol. The number of nitrogens with one attached hydrogen (secondary N) is 2. The molecule has 3 rings (SSSR count). The minimum absolute atomic E-state index is 0.133. The molecule has 0 aliphatic carbocycles. The lowest BCUT2D eigenvalue weighted by Gasteiger charge is -2.21. The summed E-state index contributed by atoms with van der Waals surface area (Å²) < 4.78 is 27.4. The van der Waals surface area contributed by atoms with Crippen molar-refractivity contribution < 1.29 is 13.2 Å². The SMILES string of the molecule is CCN(CC)S(=O)(=O)c1cc(C(=O)NC(c2ccccc2)c2n[nH]c(C)n2)ccc1C. The molecule has 1 aromatic heterocycles. The van der Waals surface area contributed by atoms with Crippen molar-refractivity contribution in [1.82, 2.24) is 24.8 Å². The first kappa shape index (κ1) is 22.6. The number of aryl methyl sites for hydroxylation is 2. The van der Waals surface area contributed by atoms with E-state index in [1.165, 1.54) is 10.4 Å². The summed E-state index contributed by atoms with van der Waals surface area (Å²) in [7, 11) is -3.69. The van der Waals surface area contributed by atoms with Gasteiger partial charge in [-0.2, -0.15) is 9.40 Å². The molecule has 0 bridgehead atoms. The van der Waals surface area contributed by atoms with Crippen molar-refractivity contribution in [2.24, 2.45) is 0 Å². The number of H-pyrrole nitrogens is 1. The van der Waals surface area contributed by atoms with Crippen LogP contribution in [0.15, 0.2) is 53.4 Å². The first-order valence-corrected chi connectivity index (χ1v) is 11.6. The van der Waals surface area contributed by atoms with E-state index in [1.54, 1.807) is 39.8 Å². The number of aromatic nitrogens is 3. The van der Waals surface area contributed by atoms with E-state index in [0.717, 1.165) is 5.56 Å². The molecule has 0 spiro atoms. The highest BCUT2D eigenvalue weighted by Crippen LogP contribution is 2.23. The molecule has 0 fully saturated rings. The van der Waals surface area contributed by atoms with Crippen molar-refractivity contribution >= 4 is 15.9 Å². The van der Waals surface area contributed by atoms with Crippen LogP contribution in [0.2, 0.25) is 0 Å². The zero-order chi connectivity index (χ0) is 22.6. The molecule has 164 valence electrons. The number of hydrogen-bond donors (Lipinski definition) is 2. The standard InChI is InChI=1S/C22H27N5O3S/c1-5-27(6-2)31(29,30)19-14-18(13-12-15(19)3)22(28)24-20(17-10-8-7-9-11-17)21-23-16(4)25-26-21/h7-14,20H,5-6H2,1-4H3,(H,24,28)(H,23,25,26). The molecule has 0 aliphatic heterocycles. The van der Waals surface area contributed by atoms with Gasteiger partial charge in [-0.15, -0.1) is 0 Å². The molecule has 1 atom stereocenters. The third-order valence-electron chi connectivity index (χ3n) is 5.05. The minimum atomic E-state index is -3.69. The lowest BCUT2D eigenvalue weighted by molar-refractivity contribution is 0.0941. The number of rotatable bonds is 8. The van der Waals surface area contributed by atoms with Gasteiger partial charge in [-0.3, -0.25) is 9.89 Å². The Hall–Kier alpha value is -3.04. The highest BCUT2D eigenvalue weighted by Gasteiger charge is 2.26. The lowest BCUT2D eigenvalue weighted by atomic mass is 10.1. The molecule has 8 nitrogen and oxygen atoms in total. The van der Waals surface area contributed by atoms with Gasteiger partial charge in [0.25, 0.3) is 5.91 Å². The minimum Gasteiger partial charge on any atom is -0.338 e. The van der Waals surface area contributed by atoms with Crippen molar-refractivity contribution in [2.75, 3.05) is 13.1 Å². The molecule has 0 radical (unpaired) electrons. The Morgan fingerprint density at radius 3 is 2.35 bits per heavy atom. The third-order valence-corrected chi connectivity index (χ3v) is 7.25. The Kier molecular flexibility index (Phi) is 6.87. The van der Waals surface area contributed by atoms with Crippen LogP contribution in [0.1, 0.15) is 53.0 Å². The zero-order valence-electron chi connectivity index (χ0n) is 18.1. The van der Waals surface area contributed by atoms with Gasteiger partial charge in [-0.25, -0.2) is 13.4 Å². The number of hydrogen-bond acceptors (Lipinski definition) is 5. The van der Waals surface area contributed by atoms with Crippen LogP contribution in [0.3, 0.4) is 0 Å². The number of nitrogens with zero attached hydrogens (tertiary/aromatic N) is 3. The van der Waals surface area contributed by atoms with E-state index in [1.807, 2.05) is 30.3 Å². The summed E-state index contributed by atoms with van der Waals surface area (Å²) in [5, 5.41) is 9.94. The van der Waals surface area contributed by atoms with E-state index < -0.39 is 22.0 Å². The van der Waals surface area contributed by atoms with Gasteiger partial charge in [-0.1, -0.05) is 50.2 Å². The molecule has 1 amide bonds. The van der Waals surface area contributed by atoms with Gasteiger partial charge in [0, 0.05) is 18.7 Å². The van der Waals surface area contributed by atoms with Crippen molar-refractivity contribution in [2.45, 2.75) is 38.6 Å². The Morgan fingerprint density at radius 1 is 1.10 bits per heavy atom. The first-order chi connectivity index (χ1) is 14.8. The van der Waals surface area contributed by atoms with Crippen LogP contribution >= 0.6 is 0 Å². The molecular formula is C22H27N5O3S. The number of amides is 1. The van der Waals surface area contributed by atoms with E-state index >= 15 is 0 Å². The second-order valence-corrected chi connectivity index (χ2v) is 9.07. The van der Waals surface area contributed by atoms with E-state index in [4.69, 9.17) is 0 Å². The van der Waals surface area contributed by atoms with Crippen LogP contribution < -0.4 is 5.32 Å². The largest absolute Gasteiger partial charge is 0.338 e. The second kappa shape index (κ2) is 9.40. The number of carbonyl (C=O) groups excluding carboxylic acids is 1. The van der Waals surface area contributed by atoms with E-state index in [0.29, 0.717) is 30.3 Å². The molecule has 0 saturated carbocycles. The summed E-state index contributed by atoms with van der Waals surface area (Å²) in [4.78, 5) is 17.6. The molecule has 2 N–H and O–H groups in total. The van der Waals surface area contributed by atoms with Gasteiger partial charge in [0.15, 0.2) is 5.82 Å². The van der Waals surface area contributed by atoms with Crippen LogP contribution in [-0.4, -0.2) is 46.9 Å². The Morgan fingerprint density at radius 2 is 1.77 bits per heavy atom. The van der Waals surface area contributed by atoms with Crippen LogP contribution in [0.25, 0.3) is 0 Å². The number of carbonyl (C=O) groups is 1. The second-order valence-electron chi connectivity index (χ2n) is 7.17. The molecule has 0 aliphatic rings. The first-order valence-electron chi connectivity index (χ1n) is 10.1. The highest BCUT2D eigenvalue weighted by atomic mass is 32.2. The van der Waals surface area contributed by atoms with Gasteiger partial charge in [0.2, 0.25) is 10.0 Å². The Bertz CT molecular complexity index is 1150. The fraction of sp³-hybridized carbons (Fsp3) is 0.318. The molecule has 3 aromatic rings. The molecule has 1 unspecified atom stereocenters. The Balaban J connectivity index is 1.96. The van der Waals surface area contributed by atoms with Crippen molar-refractivity contribution in [1.29, 1.82) is 0 Å². The summed E-state index contributed by atoms with van der Waals surface area (Å²) in [5.41, 5.74) is 1.66. The van der Waals surface area contributed by atoms with Gasteiger partial charge >= 0.3 is 0 Å². The number of benzene rings is 2. The topological polar surface area (TPSA) is 108 Å². The zero-order valence-corrected chi connectivity index (χ0v) is 18.9. The summed E-state index contributed by atoms with van der Waals surface area (Å²) in [6.07, 6.45) is 0. The maximum absolute atomic E-state index is 13.1. The monoisotopic (exact) mass is 441 g/mol. The maximum Gasteiger partial charge on any atom is 0.252 e. The summed E-state index contributed by atoms with van der Waals surface area (Å²) in [5.74, 6) is 0.653. The van der Waals surface area contributed by atoms with Gasteiger partial charge in [-0.05, 0) is 37.1 Å². The van der Waals surface area contributed by atoms with Crippen molar-refractivity contribution in [3.8, 4) is 0 Å². The predicted octanol–water partition coefficient (Wildman–Crippen LogP) is 2.97. The Labute approximate surface area is 182 Å². The van der Waals surface area contributed by atoms with Crippen molar-refractivity contribution in [3.05, 3.63) is 76.9 Å². The molecule has 1 heterocycles. The van der Waals surface area contributed by atoms with E-state index in [2.05, 4.69) is 20.5 Å². The highest BCUT2D eigenvalue weighted by molar-refractivity contribution is 7.89. The van der Waals surface area contributed by atoms with Gasteiger partial charge < -0.3 is 5.32 Å². The fourth-order valence-electron chi connectivity index (χ4n) is 3.37. The third kappa shape index (κ3) is 4.83. The van der Waals surface area contributed by atoms with Crippen LogP contribution in [-0.2, 0) is 10.0 Å². The van der Waals surface area contributed by atoms with E-state index in [9.17, 15) is 13.2 Å². The molecular weight excluding hydrogens is 414 g/mol.